The predicted molar refractivity (Wildman–Crippen MR) is 102 cm³/mol. The average Bonchev–Trinajstić information content (AvgIpc) is 2.58. The number of rotatable bonds is 4. The van der Waals surface area contributed by atoms with Gasteiger partial charge in [-0.1, -0.05) is 41.4 Å². The maximum atomic E-state index is 13.8. The largest absolute Gasteiger partial charge is 0.295 e. The molecule has 1 heterocycles. The Morgan fingerprint density at radius 1 is 1.12 bits per heavy atom. The van der Waals surface area contributed by atoms with Crippen LogP contribution in [0.2, 0.25) is 5.02 Å². The quantitative estimate of drug-likeness (QED) is 0.760. The third-order valence-electron chi connectivity index (χ3n) is 4.59. The monoisotopic (exact) mass is 359 g/mol. The molecule has 0 spiro atoms. The molecule has 1 aliphatic rings. The van der Waals surface area contributed by atoms with E-state index in [1.165, 1.54) is 29.0 Å². The van der Waals surface area contributed by atoms with Crippen molar-refractivity contribution < 1.29 is 4.39 Å². The van der Waals surface area contributed by atoms with Crippen molar-refractivity contribution in [2.45, 2.75) is 20.4 Å². The molecule has 0 bridgehead atoms. The lowest BCUT2D eigenvalue weighted by atomic mass is 10.1. The van der Waals surface area contributed by atoms with Crippen LogP contribution in [0.5, 0.6) is 0 Å². The topological polar surface area (TPSA) is 18.8 Å². The number of hydrogen-bond donors (Lipinski definition) is 0. The van der Waals surface area contributed by atoms with Gasteiger partial charge in [0.15, 0.2) is 0 Å². The number of nitrogens with zero attached hydrogens (tertiary/aromatic N) is 3. The van der Waals surface area contributed by atoms with Gasteiger partial charge in [-0.25, -0.2) is 4.39 Å². The summed E-state index contributed by atoms with van der Waals surface area (Å²) in [6.45, 7) is 8.78. The van der Waals surface area contributed by atoms with Crippen molar-refractivity contribution >= 4 is 17.8 Å². The lowest BCUT2D eigenvalue weighted by Crippen LogP contribution is -2.43. The molecule has 1 fully saturated rings. The molecule has 5 heteroatoms. The summed E-state index contributed by atoms with van der Waals surface area (Å²) < 4.78 is 13.8. The molecule has 0 radical (unpaired) electrons. The lowest BCUT2D eigenvalue weighted by molar-refractivity contribution is 0.131. The first-order valence-corrected chi connectivity index (χ1v) is 8.92. The Balaban J connectivity index is 1.56. The highest BCUT2D eigenvalue weighted by molar-refractivity contribution is 6.33. The summed E-state index contributed by atoms with van der Waals surface area (Å²) in [5.41, 5.74) is 4.37. The van der Waals surface area contributed by atoms with Crippen LogP contribution in [0.3, 0.4) is 0 Å². The SMILES string of the molecule is Cc1ccc(CN2CCN(/N=C/c3c(F)cccc3Cl)CC2)c(C)c1. The van der Waals surface area contributed by atoms with E-state index < -0.39 is 0 Å². The molecule has 0 atom stereocenters. The highest BCUT2D eigenvalue weighted by Gasteiger charge is 2.16. The van der Waals surface area contributed by atoms with E-state index in [9.17, 15) is 4.39 Å². The van der Waals surface area contributed by atoms with E-state index in [0.717, 1.165) is 32.7 Å². The molecule has 3 rings (SSSR count). The van der Waals surface area contributed by atoms with E-state index in [1.54, 1.807) is 12.1 Å². The normalized spacial score (nSPS) is 15.9. The summed E-state index contributed by atoms with van der Waals surface area (Å²) in [4.78, 5) is 2.43. The number of halogens is 2. The van der Waals surface area contributed by atoms with Gasteiger partial charge >= 0.3 is 0 Å². The van der Waals surface area contributed by atoms with E-state index in [-0.39, 0.29) is 5.82 Å². The maximum absolute atomic E-state index is 13.8. The zero-order valence-electron chi connectivity index (χ0n) is 14.7. The summed E-state index contributed by atoms with van der Waals surface area (Å²) in [7, 11) is 0. The van der Waals surface area contributed by atoms with Crippen molar-refractivity contribution in [1.82, 2.24) is 9.91 Å². The van der Waals surface area contributed by atoms with Crippen LogP contribution in [0.25, 0.3) is 0 Å². The molecule has 0 unspecified atom stereocenters. The first-order valence-electron chi connectivity index (χ1n) is 8.54. The van der Waals surface area contributed by atoms with Crippen LogP contribution >= 0.6 is 11.6 Å². The number of hydrogen-bond acceptors (Lipinski definition) is 3. The third kappa shape index (κ3) is 4.59. The van der Waals surface area contributed by atoms with E-state index in [0.29, 0.717) is 10.6 Å². The molecule has 132 valence electrons. The first kappa shape index (κ1) is 17.9. The van der Waals surface area contributed by atoms with Gasteiger partial charge < -0.3 is 0 Å². The molecule has 2 aromatic carbocycles. The summed E-state index contributed by atoms with van der Waals surface area (Å²) in [5.74, 6) is -0.343. The lowest BCUT2D eigenvalue weighted by Gasteiger charge is -2.33. The molecule has 0 N–H and O–H groups in total. The van der Waals surface area contributed by atoms with E-state index in [2.05, 4.69) is 42.0 Å². The molecule has 0 amide bonds. The fraction of sp³-hybridized carbons (Fsp3) is 0.350. The molecule has 1 saturated heterocycles. The van der Waals surface area contributed by atoms with Gasteiger partial charge in [-0.3, -0.25) is 9.91 Å². The fourth-order valence-electron chi connectivity index (χ4n) is 3.05. The predicted octanol–water partition coefficient (Wildman–Crippen LogP) is 4.25. The van der Waals surface area contributed by atoms with Crippen LogP contribution in [0.1, 0.15) is 22.3 Å². The number of piperazine rings is 1. The first-order chi connectivity index (χ1) is 12.0. The molecule has 1 aliphatic heterocycles. The van der Waals surface area contributed by atoms with Crippen molar-refractivity contribution in [1.29, 1.82) is 0 Å². The van der Waals surface area contributed by atoms with Gasteiger partial charge in [0.05, 0.1) is 11.2 Å². The number of benzene rings is 2. The highest BCUT2D eigenvalue weighted by Crippen LogP contribution is 2.18. The summed E-state index contributed by atoms with van der Waals surface area (Å²) in [6, 6.07) is 11.3. The van der Waals surface area contributed by atoms with Gasteiger partial charge in [0.1, 0.15) is 5.82 Å². The standard InChI is InChI=1S/C20H23ClFN3/c1-15-6-7-17(16(2)12-15)14-24-8-10-25(11-9-24)23-13-18-19(21)4-3-5-20(18)22/h3-7,12-13H,8-11,14H2,1-2H3/b23-13+. The van der Waals surface area contributed by atoms with Crippen LogP contribution in [-0.4, -0.2) is 42.3 Å². The van der Waals surface area contributed by atoms with Gasteiger partial charge in [0, 0.05) is 38.3 Å². The van der Waals surface area contributed by atoms with Crippen LogP contribution in [0.15, 0.2) is 41.5 Å². The highest BCUT2D eigenvalue weighted by atomic mass is 35.5. The minimum Gasteiger partial charge on any atom is -0.295 e. The Labute approximate surface area is 153 Å². The van der Waals surface area contributed by atoms with E-state index >= 15 is 0 Å². The average molecular weight is 360 g/mol. The number of aryl methyl sites for hydroxylation is 2. The molecule has 0 aromatic heterocycles. The molecule has 2 aromatic rings. The van der Waals surface area contributed by atoms with E-state index in [1.807, 2.05) is 5.01 Å². The Kier molecular flexibility index (Phi) is 5.71. The third-order valence-corrected chi connectivity index (χ3v) is 4.92. The van der Waals surface area contributed by atoms with Crippen molar-refractivity contribution in [3.63, 3.8) is 0 Å². The fourth-order valence-corrected chi connectivity index (χ4v) is 3.26. The Morgan fingerprint density at radius 2 is 1.88 bits per heavy atom. The molecule has 3 nitrogen and oxygen atoms in total. The minimum atomic E-state index is -0.343. The van der Waals surface area contributed by atoms with Crippen molar-refractivity contribution in [2.24, 2.45) is 5.10 Å². The smallest absolute Gasteiger partial charge is 0.133 e. The van der Waals surface area contributed by atoms with Gasteiger partial charge in [0.25, 0.3) is 0 Å². The van der Waals surface area contributed by atoms with Crippen LogP contribution in [0, 0.1) is 19.7 Å². The van der Waals surface area contributed by atoms with E-state index in [4.69, 9.17) is 11.6 Å². The second kappa shape index (κ2) is 7.98. The molecular formula is C20H23ClFN3. The van der Waals surface area contributed by atoms with Gasteiger partial charge in [0.2, 0.25) is 0 Å². The van der Waals surface area contributed by atoms with Crippen molar-refractivity contribution in [3.8, 4) is 0 Å². The van der Waals surface area contributed by atoms with Crippen LogP contribution < -0.4 is 0 Å². The molecule has 0 saturated carbocycles. The van der Waals surface area contributed by atoms with Crippen LogP contribution in [0.4, 0.5) is 4.39 Å². The van der Waals surface area contributed by atoms with Gasteiger partial charge in [-0.2, -0.15) is 5.10 Å². The Morgan fingerprint density at radius 3 is 2.56 bits per heavy atom. The zero-order chi connectivity index (χ0) is 17.8. The Bertz CT molecular complexity index is 747. The van der Waals surface area contributed by atoms with Crippen LogP contribution in [-0.2, 0) is 6.54 Å². The zero-order valence-corrected chi connectivity index (χ0v) is 15.4. The van der Waals surface area contributed by atoms with Gasteiger partial charge in [-0.15, -0.1) is 0 Å². The molecule has 25 heavy (non-hydrogen) atoms. The van der Waals surface area contributed by atoms with Crippen molar-refractivity contribution in [2.75, 3.05) is 26.2 Å². The second-order valence-corrected chi connectivity index (χ2v) is 6.95. The van der Waals surface area contributed by atoms with Gasteiger partial charge in [-0.05, 0) is 37.1 Å². The molecule has 0 aliphatic carbocycles. The second-order valence-electron chi connectivity index (χ2n) is 6.54. The minimum absolute atomic E-state index is 0.343. The Hall–Kier alpha value is -1.91. The van der Waals surface area contributed by atoms with Crippen molar-refractivity contribution in [3.05, 3.63) is 69.5 Å². The molecular weight excluding hydrogens is 337 g/mol. The summed E-state index contributed by atoms with van der Waals surface area (Å²) >= 11 is 6.03. The number of hydrazone groups is 1. The summed E-state index contributed by atoms with van der Waals surface area (Å²) in [5, 5.41) is 6.76. The maximum Gasteiger partial charge on any atom is 0.133 e. The summed E-state index contributed by atoms with van der Waals surface area (Å²) in [6.07, 6.45) is 1.53.